The third kappa shape index (κ3) is 3.98. The summed E-state index contributed by atoms with van der Waals surface area (Å²) in [6.07, 6.45) is 0.227. The molecule has 0 unspecified atom stereocenters. The highest BCUT2D eigenvalue weighted by molar-refractivity contribution is 5.95. The van der Waals surface area contributed by atoms with Crippen molar-refractivity contribution in [1.82, 2.24) is 5.32 Å². The fraction of sp³-hybridized carbons (Fsp3) is 0.133. The fourth-order valence-corrected chi connectivity index (χ4v) is 1.89. The number of carbonyl (C=O) groups is 1. The minimum Gasteiger partial charge on any atom is -0.399 e. The number of hydrogen-bond acceptors (Lipinski definition) is 2. The monoisotopic (exact) mass is 294 g/mol. The van der Waals surface area contributed by atoms with Crippen molar-refractivity contribution in [3.63, 3.8) is 0 Å². The molecule has 0 aromatic heterocycles. The van der Waals surface area contributed by atoms with Crippen LogP contribution in [0.3, 0.4) is 0 Å². The molecule has 2 aromatic rings. The van der Waals surface area contributed by atoms with Gasteiger partial charge in [-0.2, -0.15) is 0 Å². The summed E-state index contributed by atoms with van der Waals surface area (Å²) in [6.45, 7) is 0.121. The average Bonchev–Trinajstić information content (AvgIpc) is 2.40. The molecule has 0 atom stereocenters. The van der Waals surface area contributed by atoms with E-state index in [1.807, 2.05) is 0 Å². The highest BCUT2D eigenvalue weighted by Gasteiger charge is 2.11. The Morgan fingerprint density at radius 2 is 1.71 bits per heavy atom. The van der Waals surface area contributed by atoms with Gasteiger partial charge in [0.05, 0.1) is 5.56 Å². The Morgan fingerprint density at radius 3 is 2.38 bits per heavy atom. The van der Waals surface area contributed by atoms with Gasteiger partial charge in [0.15, 0.2) is 0 Å². The maximum absolute atomic E-state index is 13.5. The molecule has 0 saturated carbocycles. The molecule has 6 heteroatoms. The number of nitrogens with one attached hydrogen (secondary N) is 1. The first-order valence-electron chi connectivity index (χ1n) is 6.24. The summed E-state index contributed by atoms with van der Waals surface area (Å²) in [6, 6.07) is 6.80. The topological polar surface area (TPSA) is 55.1 Å². The smallest absolute Gasteiger partial charge is 0.254 e. The minimum absolute atomic E-state index is 0.121. The number of amides is 1. The molecule has 0 aliphatic carbocycles. The van der Waals surface area contributed by atoms with Crippen LogP contribution in [0.1, 0.15) is 15.9 Å². The molecule has 0 spiro atoms. The number of hydrogen-bond donors (Lipinski definition) is 2. The number of halogens is 3. The first-order valence-corrected chi connectivity index (χ1v) is 6.24. The van der Waals surface area contributed by atoms with Crippen molar-refractivity contribution in [3.8, 4) is 0 Å². The second kappa shape index (κ2) is 6.30. The van der Waals surface area contributed by atoms with Crippen LogP contribution in [0.5, 0.6) is 0 Å². The zero-order valence-electron chi connectivity index (χ0n) is 11.0. The molecule has 0 fully saturated rings. The summed E-state index contributed by atoms with van der Waals surface area (Å²) in [4.78, 5) is 11.8. The van der Waals surface area contributed by atoms with Gasteiger partial charge >= 0.3 is 0 Å². The average molecular weight is 294 g/mol. The predicted molar refractivity (Wildman–Crippen MR) is 73.2 cm³/mol. The lowest BCUT2D eigenvalue weighted by Crippen LogP contribution is -2.26. The quantitative estimate of drug-likeness (QED) is 0.852. The molecule has 0 saturated heterocycles. The molecule has 21 heavy (non-hydrogen) atoms. The van der Waals surface area contributed by atoms with E-state index in [0.29, 0.717) is 5.56 Å². The maximum atomic E-state index is 13.5. The molecule has 0 aliphatic rings. The first kappa shape index (κ1) is 14.9. The summed E-state index contributed by atoms with van der Waals surface area (Å²) in [7, 11) is 0. The van der Waals surface area contributed by atoms with Gasteiger partial charge in [-0.05, 0) is 42.3 Å². The van der Waals surface area contributed by atoms with Gasteiger partial charge in [0, 0.05) is 18.3 Å². The highest BCUT2D eigenvalue weighted by atomic mass is 19.1. The van der Waals surface area contributed by atoms with Gasteiger partial charge < -0.3 is 11.1 Å². The van der Waals surface area contributed by atoms with E-state index in [-0.39, 0.29) is 24.2 Å². The number of nitrogens with two attached hydrogens (primary N) is 1. The predicted octanol–water partition coefficient (Wildman–Crippen LogP) is 2.66. The van der Waals surface area contributed by atoms with Crippen molar-refractivity contribution >= 4 is 11.6 Å². The molecule has 3 nitrogen and oxygen atoms in total. The van der Waals surface area contributed by atoms with E-state index in [1.54, 1.807) is 0 Å². The fourth-order valence-electron chi connectivity index (χ4n) is 1.89. The second-order valence-corrected chi connectivity index (χ2v) is 4.52. The van der Waals surface area contributed by atoms with Crippen LogP contribution in [0.25, 0.3) is 0 Å². The maximum Gasteiger partial charge on any atom is 0.254 e. The van der Waals surface area contributed by atoms with Crippen molar-refractivity contribution in [2.45, 2.75) is 6.42 Å². The van der Waals surface area contributed by atoms with Crippen LogP contribution >= 0.6 is 0 Å². The lowest BCUT2D eigenvalue weighted by atomic mass is 10.1. The van der Waals surface area contributed by atoms with Gasteiger partial charge in [0.1, 0.15) is 17.5 Å². The van der Waals surface area contributed by atoms with E-state index in [9.17, 15) is 18.0 Å². The number of rotatable bonds is 4. The van der Waals surface area contributed by atoms with Gasteiger partial charge in [-0.25, -0.2) is 13.2 Å². The van der Waals surface area contributed by atoms with Crippen molar-refractivity contribution in [1.29, 1.82) is 0 Å². The molecule has 3 N–H and O–H groups in total. The van der Waals surface area contributed by atoms with Crippen LogP contribution in [0.15, 0.2) is 36.4 Å². The van der Waals surface area contributed by atoms with Gasteiger partial charge in [-0.15, -0.1) is 0 Å². The van der Waals surface area contributed by atoms with Crippen molar-refractivity contribution in [2.75, 3.05) is 12.3 Å². The molecular weight excluding hydrogens is 281 g/mol. The van der Waals surface area contributed by atoms with Crippen LogP contribution in [-0.2, 0) is 6.42 Å². The SMILES string of the molecule is Nc1ccc(F)c(C(=O)NCCc2cc(F)cc(F)c2)c1. The minimum atomic E-state index is -0.682. The van der Waals surface area contributed by atoms with Gasteiger partial charge in [-0.3, -0.25) is 4.79 Å². The summed E-state index contributed by atoms with van der Waals surface area (Å²) in [5.41, 5.74) is 6.00. The zero-order chi connectivity index (χ0) is 15.4. The van der Waals surface area contributed by atoms with Gasteiger partial charge in [-0.1, -0.05) is 0 Å². The van der Waals surface area contributed by atoms with E-state index in [0.717, 1.165) is 12.1 Å². The third-order valence-electron chi connectivity index (χ3n) is 2.86. The van der Waals surface area contributed by atoms with E-state index in [2.05, 4.69) is 5.32 Å². The Morgan fingerprint density at radius 1 is 1.05 bits per heavy atom. The lowest BCUT2D eigenvalue weighted by Gasteiger charge is -2.07. The summed E-state index contributed by atoms with van der Waals surface area (Å²) < 4.78 is 39.4. The molecular formula is C15H13F3N2O. The zero-order valence-corrected chi connectivity index (χ0v) is 11.0. The number of benzene rings is 2. The lowest BCUT2D eigenvalue weighted by molar-refractivity contribution is 0.0950. The summed E-state index contributed by atoms with van der Waals surface area (Å²) in [5, 5.41) is 2.48. The molecule has 1 amide bonds. The first-order chi connectivity index (χ1) is 9.95. The molecule has 110 valence electrons. The van der Waals surface area contributed by atoms with E-state index in [1.165, 1.54) is 24.3 Å². The van der Waals surface area contributed by atoms with Crippen LogP contribution in [-0.4, -0.2) is 12.5 Å². The van der Waals surface area contributed by atoms with Crippen molar-refractivity contribution in [3.05, 3.63) is 65.0 Å². The van der Waals surface area contributed by atoms with E-state index < -0.39 is 23.4 Å². The van der Waals surface area contributed by atoms with Crippen LogP contribution < -0.4 is 11.1 Å². The molecule has 0 heterocycles. The van der Waals surface area contributed by atoms with E-state index >= 15 is 0 Å². The normalized spacial score (nSPS) is 10.4. The van der Waals surface area contributed by atoms with E-state index in [4.69, 9.17) is 5.73 Å². The number of carbonyl (C=O) groups excluding carboxylic acids is 1. The largest absolute Gasteiger partial charge is 0.399 e. The van der Waals surface area contributed by atoms with Gasteiger partial charge in [0.2, 0.25) is 0 Å². The Balaban J connectivity index is 1.96. The Kier molecular flexibility index (Phi) is 4.47. The Labute approximate surface area is 119 Å². The second-order valence-electron chi connectivity index (χ2n) is 4.52. The highest BCUT2D eigenvalue weighted by Crippen LogP contribution is 2.12. The van der Waals surface area contributed by atoms with Crippen molar-refractivity contribution in [2.24, 2.45) is 0 Å². The Hall–Kier alpha value is -2.50. The molecule has 0 bridgehead atoms. The number of anilines is 1. The standard InChI is InChI=1S/C15H13F3N2O/c16-10-5-9(6-11(17)7-10)3-4-20-15(21)13-8-12(19)1-2-14(13)18/h1-2,5-8H,3-4,19H2,(H,20,21). The van der Waals surface area contributed by atoms with Crippen LogP contribution in [0, 0.1) is 17.5 Å². The Bertz CT molecular complexity index is 654. The molecule has 2 aromatic carbocycles. The third-order valence-corrected chi connectivity index (χ3v) is 2.86. The molecule has 2 rings (SSSR count). The number of nitrogen functional groups attached to an aromatic ring is 1. The summed E-state index contributed by atoms with van der Waals surface area (Å²) in [5.74, 6) is -2.67. The van der Waals surface area contributed by atoms with Gasteiger partial charge in [0.25, 0.3) is 5.91 Å². The van der Waals surface area contributed by atoms with Crippen LogP contribution in [0.4, 0.5) is 18.9 Å². The van der Waals surface area contributed by atoms with Crippen molar-refractivity contribution < 1.29 is 18.0 Å². The summed E-state index contributed by atoms with van der Waals surface area (Å²) >= 11 is 0. The molecule has 0 aliphatic heterocycles. The molecule has 0 radical (unpaired) electrons. The van der Waals surface area contributed by atoms with Crippen LogP contribution in [0.2, 0.25) is 0 Å².